The summed E-state index contributed by atoms with van der Waals surface area (Å²) in [7, 11) is -3.48. The quantitative estimate of drug-likeness (QED) is 0.693. The molecule has 0 spiro atoms. The van der Waals surface area contributed by atoms with Crippen LogP contribution in [0.1, 0.15) is 32.7 Å². The third kappa shape index (κ3) is 3.56. The van der Waals surface area contributed by atoms with E-state index in [0.29, 0.717) is 22.6 Å². The molecule has 1 aliphatic rings. The van der Waals surface area contributed by atoms with Gasteiger partial charge in [0.15, 0.2) is 5.82 Å². The van der Waals surface area contributed by atoms with Gasteiger partial charge in [0, 0.05) is 17.7 Å². The molecular formula is C20H20N4O3S. The van der Waals surface area contributed by atoms with Crippen molar-refractivity contribution in [2.45, 2.75) is 25.8 Å². The van der Waals surface area contributed by atoms with Gasteiger partial charge in [0.1, 0.15) is 0 Å². The first kappa shape index (κ1) is 18.4. The highest BCUT2D eigenvalue weighted by Crippen LogP contribution is 2.30. The topological polar surface area (TPSA) is 95.2 Å². The Kier molecular flexibility index (Phi) is 4.74. The molecule has 4 rings (SSSR count). The van der Waals surface area contributed by atoms with E-state index in [0.717, 1.165) is 11.1 Å². The average Bonchev–Trinajstić information content (AvgIpc) is 3.25. The van der Waals surface area contributed by atoms with Crippen LogP contribution in [0.4, 0.5) is 5.82 Å². The third-order valence-electron chi connectivity index (χ3n) is 4.83. The number of amides is 1. The Morgan fingerprint density at radius 1 is 1.11 bits per heavy atom. The molecule has 7 nitrogen and oxygen atoms in total. The lowest BCUT2D eigenvalue weighted by Crippen LogP contribution is -2.27. The van der Waals surface area contributed by atoms with Crippen LogP contribution >= 0.6 is 0 Å². The van der Waals surface area contributed by atoms with Crippen LogP contribution in [0.3, 0.4) is 0 Å². The van der Waals surface area contributed by atoms with Crippen molar-refractivity contribution in [2.24, 2.45) is 0 Å². The fourth-order valence-corrected chi connectivity index (χ4v) is 4.74. The number of aryl methyl sites for hydroxylation is 1. The maximum absolute atomic E-state index is 12.8. The summed E-state index contributed by atoms with van der Waals surface area (Å²) in [6, 6.07) is 16.4. The van der Waals surface area contributed by atoms with Crippen LogP contribution in [-0.2, 0) is 28.9 Å². The Hall–Kier alpha value is -2.97. The van der Waals surface area contributed by atoms with Gasteiger partial charge in [-0.15, -0.1) is 0 Å². The smallest absolute Gasteiger partial charge is 0.257 e. The molecule has 0 unspecified atom stereocenters. The van der Waals surface area contributed by atoms with Gasteiger partial charge in [-0.3, -0.25) is 9.89 Å². The van der Waals surface area contributed by atoms with Gasteiger partial charge >= 0.3 is 0 Å². The molecule has 2 N–H and O–H groups in total. The van der Waals surface area contributed by atoms with Crippen molar-refractivity contribution >= 4 is 21.7 Å². The van der Waals surface area contributed by atoms with Gasteiger partial charge in [-0.1, -0.05) is 48.5 Å². The van der Waals surface area contributed by atoms with Crippen molar-refractivity contribution in [1.82, 2.24) is 14.5 Å². The summed E-state index contributed by atoms with van der Waals surface area (Å²) in [6.45, 7) is 2.27. The number of aromatic nitrogens is 2. The molecule has 0 saturated carbocycles. The summed E-state index contributed by atoms with van der Waals surface area (Å²) in [4.78, 5) is 12.6. The van der Waals surface area contributed by atoms with Crippen LogP contribution in [-0.4, -0.2) is 28.8 Å². The Balaban J connectivity index is 1.50. The molecule has 8 heteroatoms. The zero-order valence-electron chi connectivity index (χ0n) is 15.3. The van der Waals surface area contributed by atoms with Crippen molar-refractivity contribution in [3.8, 4) is 0 Å². The van der Waals surface area contributed by atoms with Crippen molar-refractivity contribution in [3.63, 3.8) is 0 Å². The second-order valence-corrected chi connectivity index (χ2v) is 8.78. The number of aromatic amines is 1. The summed E-state index contributed by atoms with van der Waals surface area (Å²) < 4.78 is 27.0. The first-order chi connectivity index (χ1) is 13.4. The molecule has 0 aliphatic carbocycles. The number of benzene rings is 2. The van der Waals surface area contributed by atoms with E-state index in [1.165, 1.54) is 4.31 Å². The van der Waals surface area contributed by atoms with Crippen LogP contribution in [0.25, 0.3) is 0 Å². The number of nitrogens with one attached hydrogen (secondary N) is 2. The minimum atomic E-state index is -3.48. The molecule has 0 atom stereocenters. The van der Waals surface area contributed by atoms with E-state index in [4.69, 9.17) is 0 Å². The SMILES string of the molecule is Cc1ccccc1C(=O)Nc1n[nH]c2c1CN(S(=O)(=O)Cc1ccccc1)C2. The largest absolute Gasteiger partial charge is 0.305 e. The van der Waals surface area contributed by atoms with Gasteiger partial charge < -0.3 is 5.32 Å². The van der Waals surface area contributed by atoms with Crippen molar-refractivity contribution in [1.29, 1.82) is 0 Å². The summed E-state index contributed by atoms with van der Waals surface area (Å²) >= 11 is 0. The second kappa shape index (κ2) is 7.21. The summed E-state index contributed by atoms with van der Waals surface area (Å²) in [5, 5.41) is 9.81. The number of hydrogen-bond donors (Lipinski definition) is 2. The molecule has 28 heavy (non-hydrogen) atoms. The standard InChI is InChI=1S/C20H20N4O3S/c1-14-7-5-6-10-16(14)20(25)21-19-17-11-24(12-18(17)22-23-19)28(26,27)13-15-8-3-2-4-9-15/h2-10H,11-13H2,1H3,(H2,21,22,23,25). The molecule has 144 valence electrons. The Morgan fingerprint density at radius 3 is 2.57 bits per heavy atom. The molecule has 2 heterocycles. The summed E-state index contributed by atoms with van der Waals surface area (Å²) in [6.07, 6.45) is 0. The second-order valence-electron chi connectivity index (χ2n) is 6.81. The van der Waals surface area contributed by atoms with E-state index < -0.39 is 10.0 Å². The monoisotopic (exact) mass is 396 g/mol. The predicted molar refractivity (Wildman–Crippen MR) is 106 cm³/mol. The third-order valence-corrected chi connectivity index (χ3v) is 6.57. The zero-order valence-corrected chi connectivity index (χ0v) is 16.2. The minimum Gasteiger partial charge on any atom is -0.305 e. The average molecular weight is 396 g/mol. The van der Waals surface area contributed by atoms with E-state index in [-0.39, 0.29) is 24.7 Å². The van der Waals surface area contributed by atoms with Gasteiger partial charge in [0.25, 0.3) is 5.91 Å². The van der Waals surface area contributed by atoms with E-state index in [1.807, 2.05) is 37.3 Å². The first-order valence-electron chi connectivity index (χ1n) is 8.89. The summed E-state index contributed by atoms with van der Waals surface area (Å²) in [5.41, 5.74) is 3.57. The van der Waals surface area contributed by atoms with Gasteiger partial charge in [-0.2, -0.15) is 9.40 Å². The van der Waals surface area contributed by atoms with Gasteiger partial charge in [-0.05, 0) is 24.1 Å². The van der Waals surface area contributed by atoms with E-state index in [2.05, 4.69) is 15.5 Å². The maximum Gasteiger partial charge on any atom is 0.257 e. The van der Waals surface area contributed by atoms with Crippen molar-refractivity contribution in [2.75, 3.05) is 5.32 Å². The minimum absolute atomic E-state index is 0.0591. The van der Waals surface area contributed by atoms with E-state index in [1.54, 1.807) is 24.3 Å². The molecule has 0 fully saturated rings. The Morgan fingerprint density at radius 2 is 1.82 bits per heavy atom. The molecule has 0 bridgehead atoms. The molecule has 1 aromatic heterocycles. The normalized spacial score (nSPS) is 14.0. The number of fused-ring (bicyclic) bond motifs is 1. The van der Waals surface area contributed by atoms with E-state index in [9.17, 15) is 13.2 Å². The summed E-state index contributed by atoms with van der Waals surface area (Å²) in [5.74, 6) is 0.0508. The molecule has 2 aromatic carbocycles. The highest BCUT2D eigenvalue weighted by atomic mass is 32.2. The number of nitrogens with zero attached hydrogens (tertiary/aromatic N) is 2. The fourth-order valence-electron chi connectivity index (χ4n) is 3.29. The lowest BCUT2D eigenvalue weighted by atomic mass is 10.1. The number of hydrogen-bond acceptors (Lipinski definition) is 4. The number of carbonyl (C=O) groups is 1. The molecule has 1 aliphatic heterocycles. The number of sulfonamides is 1. The number of rotatable bonds is 5. The van der Waals surface area contributed by atoms with E-state index >= 15 is 0 Å². The molecule has 3 aromatic rings. The van der Waals surface area contributed by atoms with Gasteiger partial charge in [0.2, 0.25) is 10.0 Å². The highest BCUT2D eigenvalue weighted by Gasteiger charge is 2.33. The van der Waals surface area contributed by atoms with Crippen LogP contribution in [0, 0.1) is 6.92 Å². The van der Waals surface area contributed by atoms with Gasteiger partial charge in [0.05, 0.1) is 18.0 Å². The molecule has 0 radical (unpaired) electrons. The lowest BCUT2D eigenvalue weighted by molar-refractivity contribution is 0.102. The number of anilines is 1. The van der Waals surface area contributed by atoms with Crippen LogP contribution in [0.15, 0.2) is 54.6 Å². The highest BCUT2D eigenvalue weighted by molar-refractivity contribution is 7.88. The Labute approximate surface area is 163 Å². The van der Waals surface area contributed by atoms with Crippen LogP contribution in [0.2, 0.25) is 0 Å². The van der Waals surface area contributed by atoms with Crippen molar-refractivity contribution in [3.05, 3.63) is 82.5 Å². The molecular weight excluding hydrogens is 376 g/mol. The maximum atomic E-state index is 12.8. The fraction of sp³-hybridized carbons (Fsp3) is 0.200. The van der Waals surface area contributed by atoms with Crippen LogP contribution in [0.5, 0.6) is 0 Å². The number of carbonyl (C=O) groups excluding carboxylic acids is 1. The molecule has 1 amide bonds. The lowest BCUT2D eigenvalue weighted by Gasteiger charge is -2.16. The van der Waals surface area contributed by atoms with Gasteiger partial charge in [-0.25, -0.2) is 8.42 Å². The first-order valence-corrected chi connectivity index (χ1v) is 10.5. The zero-order chi connectivity index (χ0) is 19.7. The Bertz CT molecular complexity index is 1120. The molecule has 0 saturated heterocycles. The van der Waals surface area contributed by atoms with Crippen molar-refractivity contribution < 1.29 is 13.2 Å². The van der Waals surface area contributed by atoms with Crippen LogP contribution < -0.4 is 5.32 Å². The number of H-pyrrole nitrogens is 1. The predicted octanol–water partition coefficient (Wildman–Crippen LogP) is 2.82.